The fourth-order valence-corrected chi connectivity index (χ4v) is 2.62. The molecule has 88 valence electrons. The van der Waals surface area contributed by atoms with Gasteiger partial charge in [0.25, 0.3) is 5.91 Å². The molecule has 0 spiro atoms. The number of ether oxygens (including phenoxy) is 1. The molecule has 0 unspecified atom stereocenters. The van der Waals surface area contributed by atoms with Crippen molar-refractivity contribution in [2.45, 2.75) is 13.3 Å². The van der Waals surface area contributed by atoms with Gasteiger partial charge in [0.1, 0.15) is 5.75 Å². The summed E-state index contributed by atoms with van der Waals surface area (Å²) in [5, 5.41) is 2.75. The molecule has 1 rings (SSSR count). The zero-order valence-electron chi connectivity index (χ0n) is 8.93. The van der Waals surface area contributed by atoms with E-state index in [0.717, 1.165) is 14.5 Å². The van der Waals surface area contributed by atoms with E-state index in [0.29, 0.717) is 12.3 Å². The maximum absolute atomic E-state index is 11.3. The van der Waals surface area contributed by atoms with Crippen LogP contribution < -0.4 is 10.1 Å². The molecule has 0 aliphatic rings. The summed E-state index contributed by atoms with van der Waals surface area (Å²) in [5.74, 6) is 0.613. The Balaban J connectivity index is 2.45. The van der Waals surface area contributed by atoms with Gasteiger partial charge >= 0.3 is 0 Å². The van der Waals surface area contributed by atoms with E-state index in [1.807, 2.05) is 25.1 Å². The number of nitrogens with one attached hydrogen (secondary N) is 1. The molecular formula is C11H13BrINO2. The first-order valence-corrected chi connectivity index (χ1v) is 6.84. The molecule has 0 atom stereocenters. The van der Waals surface area contributed by atoms with Gasteiger partial charge in [-0.05, 0) is 47.2 Å². The van der Waals surface area contributed by atoms with E-state index < -0.39 is 0 Å². The third-order valence-corrected chi connectivity index (χ3v) is 2.86. The fraction of sp³-hybridized carbons (Fsp3) is 0.364. The number of hydrogen-bond donors (Lipinski definition) is 1. The minimum atomic E-state index is -0.0863. The highest BCUT2D eigenvalue weighted by Gasteiger charge is 2.03. The predicted molar refractivity (Wildman–Crippen MR) is 75.7 cm³/mol. The van der Waals surface area contributed by atoms with Crippen molar-refractivity contribution in [3.05, 3.63) is 26.2 Å². The van der Waals surface area contributed by atoms with Gasteiger partial charge in [-0.2, -0.15) is 0 Å². The number of carbonyl (C=O) groups excluding carboxylic acids is 1. The average molecular weight is 398 g/mol. The van der Waals surface area contributed by atoms with Crippen molar-refractivity contribution in [3.63, 3.8) is 0 Å². The number of halogens is 2. The Morgan fingerprint density at radius 2 is 2.25 bits per heavy atom. The Morgan fingerprint density at radius 3 is 2.88 bits per heavy atom. The molecule has 0 radical (unpaired) electrons. The Hall–Kier alpha value is -0.300. The Bertz CT molecular complexity index is 351. The van der Waals surface area contributed by atoms with Crippen LogP contribution in [0, 0.1) is 3.57 Å². The van der Waals surface area contributed by atoms with Crippen LogP contribution in [0.3, 0.4) is 0 Å². The van der Waals surface area contributed by atoms with E-state index in [1.54, 1.807) is 0 Å². The lowest BCUT2D eigenvalue weighted by molar-refractivity contribution is -0.123. The largest absolute Gasteiger partial charge is 0.484 e. The van der Waals surface area contributed by atoms with Crippen LogP contribution >= 0.6 is 38.5 Å². The zero-order valence-corrected chi connectivity index (χ0v) is 12.7. The van der Waals surface area contributed by atoms with Crippen LogP contribution in [0.4, 0.5) is 0 Å². The van der Waals surface area contributed by atoms with Crippen molar-refractivity contribution < 1.29 is 9.53 Å². The van der Waals surface area contributed by atoms with E-state index in [2.05, 4.69) is 43.8 Å². The molecule has 0 saturated heterocycles. The topological polar surface area (TPSA) is 38.3 Å². The summed E-state index contributed by atoms with van der Waals surface area (Å²) in [4.78, 5) is 11.3. The summed E-state index contributed by atoms with van der Waals surface area (Å²) in [5.41, 5.74) is 0. The molecule has 3 nitrogen and oxygen atoms in total. The molecule has 1 N–H and O–H groups in total. The molecule has 0 aromatic heterocycles. The first-order valence-electron chi connectivity index (χ1n) is 4.97. The lowest BCUT2D eigenvalue weighted by Crippen LogP contribution is -2.29. The number of rotatable bonds is 5. The molecule has 5 heteroatoms. The Kier molecular flexibility index (Phi) is 6.12. The van der Waals surface area contributed by atoms with Crippen LogP contribution in [0.25, 0.3) is 0 Å². The summed E-state index contributed by atoms with van der Waals surface area (Å²) in [7, 11) is 0. The van der Waals surface area contributed by atoms with Crippen LogP contribution in [-0.2, 0) is 4.79 Å². The van der Waals surface area contributed by atoms with Gasteiger partial charge in [-0.1, -0.05) is 22.9 Å². The summed E-state index contributed by atoms with van der Waals surface area (Å²) < 4.78 is 7.39. The molecule has 0 aliphatic heterocycles. The van der Waals surface area contributed by atoms with Crippen molar-refractivity contribution in [1.82, 2.24) is 5.32 Å². The van der Waals surface area contributed by atoms with E-state index in [-0.39, 0.29) is 12.5 Å². The van der Waals surface area contributed by atoms with Crippen molar-refractivity contribution in [2.75, 3.05) is 13.2 Å². The van der Waals surface area contributed by atoms with Gasteiger partial charge in [0.15, 0.2) is 6.61 Å². The highest BCUT2D eigenvalue weighted by molar-refractivity contribution is 14.1. The maximum Gasteiger partial charge on any atom is 0.257 e. The lowest BCUT2D eigenvalue weighted by atomic mass is 10.3. The molecule has 16 heavy (non-hydrogen) atoms. The summed E-state index contributed by atoms with van der Waals surface area (Å²) in [6.07, 6.45) is 0.931. The SMILES string of the molecule is CCCNC(=O)COc1cc(Br)cc(I)c1. The van der Waals surface area contributed by atoms with Crippen LogP contribution in [0.15, 0.2) is 22.7 Å². The molecule has 0 saturated carbocycles. The molecule has 0 bridgehead atoms. The van der Waals surface area contributed by atoms with Crippen LogP contribution in [0.2, 0.25) is 0 Å². The lowest BCUT2D eigenvalue weighted by Gasteiger charge is -2.07. The quantitative estimate of drug-likeness (QED) is 0.775. The zero-order chi connectivity index (χ0) is 12.0. The third kappa shape index (κ3) is 5.16. The number of benzene rings is 1. The van der Waals surface area contributed by atoms with E-state index in [1.165, 1.54) is 0 Å². The normalized spacial score (nSPS) is 9.94. The number of amides is 1. The number of hydrogen-bond acceptors (Lipinski definition) is 2. The highest BCUT2D eigenvalue weighted by atomic mass is 127. The minimum absolute atomic E-state index is 0.0620. The van der Waals surface area contributed by atoms with Crippen molar-refractivity contribution in [3.8, 4) is 5.75 Å². The van der Waals surface area contributed by atoms with Gasteiger partial charge < -0.3 is 10.1 Å². The molecule has 0 heterocycles. The molecule has 1 aromatic carbocycles. The molecule has 1 aromatic rings. The van der Waals surface area contributed by atoms with Crippen LogP contribution in [0.1, 0.15) is 13.3 Å². The second-order valence-corrected chi connectivity index (χ2v) is 5.41. The predicted octanol–water partition coefficient (Wildman–Crippen LogP) is 2.96. The summed E-state index contributed by atoms with van der Waals surface area (Å²) >= 11 is 5.58. The van der Waals surface area contributed by atoms with Gasteiger partial charge in [0.05, 0.1) is 0 Å². The van der Waals surface area contributed by atoms with Crippen molar-refractivity contribution in [2.24, 2.45) is 0 Å². The van der Waals surface area contributed by atoms with E-state index in [9.17, 15) is 4.79 Å². The van der Waals surface area contributed by atoms with Crippen LogP contribution in [0.5, 0.6) is 5.75 Å². The minimum Gasteiger partial charge on any atom is -0.484 e. The van der Waals surface area contributed by atoms with Gasteiger partial charge in [0.2, 0.25) is 0 Å². The standard InChI is InChI=1S/C11H13BrINO2/c1-2-3-14-11(15)7-16-10-5-8(12)4-9(13)6-10/h4-6H,2-3,7H2,1H3,(H,14,15). The van der Waals surface area contributed by atoms with Gasteiger partial charge in [-0.25, -0.2) is 0 Å². The van der Waals surface area contributed by atoms with Crippen molar-refractivity contribution >= 4 is 44.4 Å². The first-order chi connectivity index (χ1) is 7.61. The van der Waals surface area contributed by atoms with Gasteiger partial charge in [-0.15, -0.1) is 0 Å². The third-order valence-electron chi connectivity index (χ3n) is 1.78. The molecular weight excluding hydrogens is 385 g/mol. The maximum atomic E-state index is 11.3. The number of carbonyl (C=O) groups is 1. The Labute approximate surface area is 117 Å². The summed E-state index contributed by atoms with van der Waals surface area (Å²) in [6, 6.07) is 5.71. The van der Waals surface area contributed by atoms with Gasteiger partial charge in [0, 0.05) is 14.6 Å². The average Bonchev–Trinajstić information content (AvgIpc) is 2.22. The molecule has 1 amide bonds. The monoisotopic (exact) mass is 397 g/mol. The second-order valence-electron chi connectivity index (χ2n) is 3.24. The first kappa shape index (κ1) is 13.8. The van der Waals surface area contributed by atoms with Gasteiger partial charge in [-0.3, -0.25) is 4.79 Å². The second kappa shape index (κ2) is 7.11. The highest BCUT2D eigenvalue weighted by Crippen LogP contribution is 2.22. The molecule has 0 fully saturated rings. The van der Waals surface area contributed by atoms with E-state index in [4.69, 9.17) is 4.74 Å². The van der Waals surface area contributed by atoms with Crippen LogP contribution in [-0.4, -0.2) is 19.1 Å². The Morgan fingerprint density at radius 1 is 1.50 bits per heavy atom. The molecule has 0 aliphatic carbocycles. The van der Waals surface area contributed by atoms with Crippen molar-refractivity contribution in [1.29, 1.82) is 0 Å². The fourth-order valence-electron chi connectivity index (χ4n) is 1.08. The smallest absolute Gasteiger partial charge is 0.257 e. The van der Waals surface area contributed by atoms with E-state index >= 15 is 0 Å². The summed E-state index contributed by atoms with van der Waals surface area (Å²) in [6.45, 7) is 2.77.